The Bertz CT molecular complexity index is 1060. The molecule has 4 rings (SSSR count). The molecule has 1 unspecified atom stereocenters. The molecule has 0 radical (unpaired) electrons. The molecule has 0 saturated heterocycles. The number of rotatable bonds is 4. The van der Waals surface area contributed by atoms with E-state index >= 15 is 0 Å². The number of pyridine rings is 1. The van der Waals surface area contributed by atoms with Gasteiger partial charge in [-0.1, -0.05) is 30.3 Å². The van der Waals surface area contributed by atoms with Crippen molar-refractivity contribution in [3.05, 3.63) is 90.3 Å². The van der Waals surface area contributed by atoms with E-state index in [-0.39, 0.29) is 6.04 Å². The van der Waals surface area contributed by atoms with Crippen molar-refractivity contribution in [3.8, 4) is 0 Å². The highest BCUT2D eigenvalue weighted by molar-refractivity contribution is 7.90. The van der Waals surface area contributed by atoms with Gasteiger partial charge in [-0.3, -0.25) is 9.99 Å². The van der Waals surface area contributed by atoms with Gasteiger partial charge in [0.05, 0.1) is 22.3 Å². The van der Waals surface area contributed by atoms with Gasteiger partial charge in [-0.25, -0.2) is 8.42 Å². The molecule has 0 amide bonds. The van der Waals surface area contributed by atoms with Gasteiger partial charge in [-0.15, -0.1) is 0 Å². The summed E-state index contributed by atoms with van der Waals surface area (Å²) in [6, 6.07) is 21.1. The molecule has 3 aromatic rings. The third-order valence-electron chi connectivity index (χ3n) is 4.64. The Balaban J connectivity index is 1.74. The molecule has 1 aliphatic rings. The van der Waals surface area contributed by atoms with Gasteiger partial charge in [-0.2, -0.15) is 5.10 Å². The largest absolute Gasteiger partial charge is 0.265 e. The van der Waals surface area contributed by atoms with Crippen LogP contribution < -0.4 is 5.01 Å². The molecular formula is C21H19N3O2S. The van der Waals surface area contributed by atoms with Crippen molar-refractivity contribution < 1.29 is 8.42 Å². The number of hydrazone groups is 1. The second-order valence-corrected chi connectivity index (χ2v) is 8.54. The van der Waals surface area contributed by atoms with Crippen LogP contribution in [0.5, 0.6) is 0 Å². The van der Waals surface area contributed by atoms with Crippen LogP contribution in [0.2, 0.25) is 0 Å². The monoisotopic (exact) mass is 377 g/mol. The highest BCUT2D eigenvalue weighted by Crippen LogP contribution is 2.36. The number of nitrogens with zero attached hydrogens (tertiary/aromatic N) is 3. The van der Waals surface area contributed by atoms with Crippen LogP contribution in [-0.2, 0) is 9.84 Å². The fraction of sp³-hybridized carbons (Fsp3) is 0.143. The molecule has 1 aromatic heterocycles. The maximum absolute atomic E-state index is 11.7. The summed E-state index contributed by atoms with van der Waals surface area (Å²) in [5.74, 6) is 0. The lowest BCUT2D eigenvalue weighted by Crippen LogP contribution is -2.18. The third kappa shape index (κ3) is 3.61. The van der Waals surface area contributed by atoms with Gasteiger partial charge in [0.25, 0.3) is 0 Å². The molecule has 0 N–H and O–H groups in total. The second kappa shape index (κ2) is 6.96. The Hall–Kier alpha value is -2.99. The Morgan fingerprint density at radius 1 is 0.926 bits per heavy atom. The molecule has 0 spiro atoms. The van der Waals surface area contributed by atoms with Crippen LogP contribution in [-0.4, -0.2) is 25.4 Å². The third-order valence-corrected chi connectivity index (χ3v) is 5.77. The number of benzene rings is 2. The van der Waals surface area contributed by atoms with Crippen LogP contribution in [0.25, 0.3) is 0 Å². The van der Waals surface area contributed by atoms with Gasteiger partial charge in [0.1, 0.15) is 0 Å². The molecule has 0 bridgehead atoms. The van der Waals surface area contributed by atoms with E-state index < -0.39 is 9.84 Å². The Morgan fingerprint density at radius 2 is 1.59 bits per heavy atom. The highest BCUT2D eigenvalue weighted by Gasteiger charge is 2.29. The minimum atomic E-state index is -3.22. The van der Waals surface area contributed by atoms with Gasteiger partial charge in [0.2, 0.25) is 0 Å². The molecule has 6 heteroatoms. The predicted molar refractivity (Wildman–Crippen MR) is 107 cm³/mol. The van der Waals surface area contributed by atoms with Crippen LogP contribution in [0, 0.1) is 0 Å². The molecule has 1 atom stereocenters. The standard InChI is InChI=1S/C21H19N3O2S/c1-27(25,26)19-9-7-18(8-10-19)24-21(17-5-3-2-4-6-17)15-20(23-24)16-11-13-22-14-12-16/h2-14,21H,15H2,1H3. The number of sulfone groups is 1. The number of aromatic nitrogens is 1. The van der Waals surface area contributed by atoms with Crippen molar-refractivity contribution in [1.29, 1.82) is 0 Å². The number of hydrogen-bond acceptors (Lipinski definition) is 5. The zero-order valence-corrected chi connectivity index (χ0v) is 15.7. The summed E-state index contributed by atoms with van der Waals surface area (Å²) in [4.78, 5) is 4.38. The predicted octanol–water partition coefficient (Wildman–Crippen LogP) is 3.84. The van der Waals surface area contributed by atoms with Crippen LogP contribution in [0.1, 0.15) is 23.6 Å². The lowest BCUT2D eigenvalue weighted by molar-refractivity contribution is 0.602. The zero-order valence-electron chi connectivity index (χ0n) is 14.9. The average molecular weight is 377 g/mol. The first kappa shape index (κ1) is 17.4. The van der Waals surface area contributed by atoms with Crippen LogP contribution in [0.3, 0.4) is 0 Å². The summed E-state index contributed by atoms with van der Waals surface area (Å²) in [6.07, 6.45) is 5.50. The summed E-state index contributed by atoms with van der Waals surface area (Å²) < 4.78 is 23.5. The Morgan fingerprint density at radius 3 is 2.22 bits per heavy atom. The number of anilines is 1. The normalized spacial score (nSPS) is 17.0. The molecular weight excluding hydrogens is 358 g/mol. The topological polar surface area (TPSA) is 62.6 Å². The van der Waals surface area contributed by atoms with E-state index in [1.165, 1.54) is 6.26 Å². The van der Waals surface area contributed by atoms with Gasteiger partial charge in [0.15, 0.2) is 9.84 Å². The minimum Gasteiger partial charge on any atom is -0.265 e. The van der Waals surface area contributed by atoms with Crippen molar-refractivity contribution in [3.63, 3.8) is 0 Å². The summed E-state index contributed by atoms with van der Waals surface area (Å²) in [5, 5.41) is 6.82. The first-order valence-corrected chi connectivity index (χ1v) is 10.5. The van der Waals surface area contributed by atoms with E-state index in [2.05, 4.69) is 17.1 Å². The van der Waals surface area contributed by atoms with Crippen LogP contribution in [0.4, 0.5) is 5.69 Å². The van der Waals surface area contributed by atoms with E-state index in [1.807, 2.05) is 47.5 Å². The van der Waals surface area contributed by atoms with E-state index in [0.717, 1.165) is 28.9 Å². The summed E-state index contributed by atoms with van der Waals surface area (Å²) in [7, 11) is -3.22. The van der Waals surface area contributed by atoms with E-state index in [1.54, 1.807) is 24.5 Å². The molecule has 136 valence electrons. The Labute approximate surface area is 158 Å². The van der Waals surface area contributed by atoms with Crippen molar-refractivity contribution in [2.24, 2.45) is 5.10 Å². The van der Waals surface area contributed by atoms with Crippen molar-refractivity contribution >= 4 is 21.2 Å². The molecule has 27 heavy (non-hydrogen) atoms. The molecule has 5 nitrogen and oxygen atoms in total. The van der Waals surface area contributed by atoms with E-state index in [0.29, 0.717) is 4.90 Å². The Kier molecular flexibility index (Phi) is 4.49. The number of hydrogen-bond donors (Lipinski definition) is 0. The van der Waals surface area contributed by atoms with Crippen LogP contribution in [0.15, 0.2) is 89.1 Å². The zero-order chi connectivity index (χ0) is 18.9. The minimum absolute atomic E-state index is 0.0541. The summed E-state index contributed by atoms with van der Waals surface area (Å²) in [6.45, 7) is 0. The van der Waals surface area contributed by atoms with E-state index in [4.69, 9.17) is 5.10 Å². The second-order valence-electron chi connectivity index (χ2n) is 6.52. The van der Waals surface area contributed by atoms with Gasteiger partial charge >= 0.3 is 0 Å². The first-order valence-electron chi connectivity index (χ1n) is 8.64. The molecule has 0 saturated carbocycles. The lowest BCUT2D eigenvalue weighted by Gasteiger charge is -2.24. The summed E-state index contributed by atoms with van der Waals surface area (Å²) >= 11 is 0. The van der Waals surface area contributed by atoms with Crippen molar-refractivity contribution in [2.45, 2.75) is 17.4 Å². The fourth-order valence-electron chi connectivity index (χ4n) is 3.25. The summed E-state index contributed by atoms with van der Waals surface area (Å²) in [5.41, 5.74) is 4.05. The maximum atomic E-state index is 11.7. The molecule has 0 fully saturated rings. The fourth-order valence-corrected chi connectivity index (χ4v) is 3.88. The van der Waals surface area contributed by atoms with Gasteiger partial charge in [0, 0.05) is 30.6 Å². The first-order chi connectivity index (χ1) is 13.0. The van der Waals surface area contributed by atoms with Crippen molar-refractivity contribution in [1.82, 2.24) is 4.98 Å². The molecule has 2 aromatic carbocycles. The van der Waals surface area contributed by atoms with Crippen molar-refractivity contribution in [2.75, 3.05) is 11.3 Å². The highest BCUT2D eigenvalue weighted by atomic mass is 32.2. The SMILES string of the molecule is CS(=O)(=O)c1ccc(N2N=C(c3ccncc3)CC2c2ccccc2)cc1. The average Bonchev–Trinajstić information content (AvgIpc) is 3.14. The van der Waals surface area contributed by atoms with Gasteiger partial charge < -0.3 is 0 Å². The molecule has 2 heterocycles. The maximum Gasteiger partial charge on any atom is 0.175 e. The lowest BCUT2D eigenvalue weighted by atomic mass is 9.99. The van der Waals surface area contributed by atoms with Gasteiger partial charge in [-0.05, 0) is 42.0 Å². The molecule has 1 aliphatic heterocycles. The van der Waals surface area contributed by atoms with Crippen LogP contribution >= 0.6 is 0 Å². The molecule has 0 aliphatic carbocycles. The smallest absolute Gasteiger partial charge is 0.175 e. The quantitative estimate of drug-likeness (QED) is 0.693. The van der Waals surface area contributed by atoms with E-state index in [9.17, 15) is 8.42 Å².